The van der Waals surface area contributed by atoms with Crippen LogP contribution in [0.5, 0.6) is 5.75 Å². The van der Waals surface area contributed by atoms with Gasteiger partial charge in [0, 0.05) is 28.9 Å². The molecule has 0 spiro atoms. The Labute approximate surface area is 176 Å². The van der Waals surface area contributed by atoms with E-state index in [1.54, 1.807) is 24.3 Å². The van der Waals surface area contributed by atoms with Crippen LogP contribution in [0, 0.1) is 6.92 Å². The highest BCUT2D eigenvalue weighted by Crippen LogP contribution is 2.34. The minimum Gasteiger partial charge on any atom is -0.508 e. The molecule has 2 atom stereocenters. The highest BCUT2D eigenvalue weighted by Gasteiger charge is 2.28. The Morgan fingerprint density at radius 1 is 1.17 bits per heavy atom. The van der Waals surface area contributed by atoms with Crippen LogP contribution in [0.4, 0.5) is 10.5 Å². The Morgan fingerprint density at radius 3 is 2.48 bits per heavy atom. The van der Waals surface area contributed by atoms with Crippen LogP contribution in [-0.4, -0.2) is 35.5 Å². The molecule has 2 aromatic rings. The lowest BCUT2D eigenvalue weighted by atomic mass is 10.0. The van der Waals surface area contributed by atoms with Gasteiger partial charge in [0.2, 0.25) is 0 Å². The van der Waals surface area contributed by atoms with Gasteiger partial charge in [-0.05, 0) is 43.3 Å². The Bertz CT molecular complexity index is 885. The number of carbonyl (C=O) groups excluding carboxylic acids is 2. The molecular formula is C20H21BrN2O6. The van der Waals surface area contributed by atoms with Gasteiger partial charge in [-0.1, -0.05) is 33.6 Å². The van der Waals surface area contributed by atoms with Gasteiger partial charge in [-0.2, -0.15) is 0 Å². The van der Waals surface area contributed by atoms with Gasteiger partial charge in [-0.15, -0.1) is 0 Å². The summed E-state index contributed by atoms with van der Waals surface area (Å²) in [5, 5.41) is 21.5. The van der Waals surface area contributed by atoms with Crippen LogP contribution in [0.15, 0.2) is 59.1 Å². The van der Waals surface area contributed by atoms with E-state index in [0.29, 0.717) is 10.2 Å². The molecule has 0 aliphatic carbocycles. The predicted molar refractivity (Wildman–Crippen MR) is 110 cm³/mol. The van der Waals surface area contributed by atoms with Gasteiger partial charge in [0.15, 0.2) is 6.10 Å². The first-order valence-corrected chi connectivity index (χ1v) is 9.31. The number of methoxy groups -OCH3 is 1. The number of halogens is 1. The van der Waals surface area contributed by atoms with E-state index in [0.717, 1.165) is 11.6 Å². The Kier molecular flexibility index (Phi) is 8.20. The minimum absolute atomic E-state index is 0.122. The van der Waals surface area contributed by atoms with E-state index in [1.165, 1.54) is 24.7 Å². The van der Waals surface area contributed by atoms with Crippen LogP contribution < -0.4 is 10.8 Å². The lowest BCUT2D eigenvalue weighted by Gasteiger charge is -2.25. The molecule has 0 heterocycles. The summed E-state index contributed by atoms with van der Waals surface area (Å²) in [6.45, 7) is 1.92. The number of rotatable bonds is 7. The lowest BCUT2D eigenvalue weighted by Crippen LogP contribution is -2.27. The second-order valence-electron chi connectivity index (χ2n) is 6.06. The molecule has 2 aromatic carbocycles. The van der Waals surface area contributed by atoms with Gasteiger partial charge in [0.25, 0.3) is 5.91 Å². The smallest absolute Gasteiger partial charge is 0.412 e. The predicted octanol–water partition coefficient (Wildman–Crippen LogP) is 3.83. The third-order valence-corrected chi connectivity index (χ3v) is 4.44. The average Bonchev–Trinajstić information content (AvgIpc) is 2.70. The number of aryl methyl sites for hydroxylation is 1. The molecule has 0 unspecified atom stereocenters. The van der Waals surface area contributed by atoms with Gasteiger partial charge in [-0.25, -0.2) is 10.3 Å². The molecule has 0 aromatic heterocycles. The van der Waals surface area contributed by atoms with Crippen molar-refractivity contribution in [1.82, 2.24) is 5.48 Å². The summed E-state index contributed by atoms with van der Waals surface area (Å²) in [7, 11) is 1.36. The van der Waals surface area contributed by atoms with E-state index < -0.39 is 24.2 Å². The summed E-state index contributed by atoms with van der Waals surface area (Å²) >= 11 is 3.31. The Hall–Kier alpha value is -2.88. The number of ether oxygens (including phenoxy) is 2. The number of anilines is 1. The zero-order valence-corrected chi connectivity index (χ0v) is 17.3. The molecule has 29 heavy (non-hydrogen) atoms. The number of nitrogens with one attached hydrogen (secondary N) is 2. The van der Waals surface area contributed by atoms with Crippen molar-refractivity contribution in [2.45, 2.75) is 19.1 Å². The largest absolute Gasteiger partial charge is 0.508 e. The number of hydrogen-bond acceptors (Lipinski definition) is 6. The maximum absolute atomic E-state index is 12.5. The fourth-order valence-electron chi connectivity index (χ4n) is 2.48. The summed E-state index contributed by atoms with van der Waals surface area (Å²) in [6.07, 6.45) is -0.477. The number of benzene rings is 2. The summed E-state index contributed by atoms with van der Waals surface area (Å²) in [5.41, 5.74) is 3.29. The molecule has 9 heteroatoms. The van der Waals surface area contributed by atoms with Crippen LogP contribution >= 0.6 is 15.9 Å². The van der Waals surface area contributed by atoms with Crippen molar-refractivity contribution in [2.75, 3.05) is 12.4 Å². The monoisotopic (exact) mass is 464 g/mol. The van der Waals surface area contributed by atoms with Crippen molar-refractivity contribution >= 4 is 33.6 Å². The van der Waals surface area contributed by atoms with Crippen LogP contribution in [0.3, 0.4) is 0 Å². The minimum atomic E-state index is -1.09. The summed E-state index contributed by atoms with van der Waals surface area (Å²) in [4.78, 5) is 23.8. The molecule has 0 fully saturated rings. The highest BCUT2D eigenvalue weighted by atomic mass is 79.9. The molecule has 8 nitrogen and oxygen atoms in total. The number of hydrogen-bond donors (Lipinski definition) is 4. The molecular weight excluding hydrogens is 444 g/mol. The molecule has 0 aliphatic rings. The number of carbonyl (C=O) groups is 2. The quantitative estimate of drug-likeness (QED) is 0.281. The number of amides is 2. The van der Waals surface area contributed by atoms with Gasteiger partial charge in [0.1, 0.15) is 11.9 Å². The SMILES string of the molecule is CO[C@H](/C=C/C(=O)NO)[C@H](OC(=O)Nc1ccc(C)cc1)c1cc(Br)ccc1O. The van der Waals surface area contributed by atoms with Crippen molar-refractivity contribution in [3.63, 3.8) is 0 Å². The van der Waals surface area contributed by atoms with E-state index in [-0.39, 0.29) is 11.3 Å². The van der Waals surface area contributed by atoms with Crippen molar-refractivity contribution in [3.05, 3.63) is 70.2 Å². The molecule has 4 N–H and O–H groups in total. The third kappa shape index (κ3) is 6.60. The van der Waals surface area contributed by atoms with E-state index >= 15 is 0 Å². The second-order valence-corrected chi connectivity index (χ2v) is 6.97. The average molecular weight is 465 g/mol. The molecule has 0 saturated carbocycles. The van der Waals surface area contributed by atoms with Crippen molar-refractivity contribution in [1.29, 1.82) is 0 Å². The molecule has 0 aliphatic heterocycles. The third-order valence-electron chi connectivity index (χ3n) is 3.95. The second kappa shape index (κ2) is 10.6. The molecule has 0 radical (unpaired) electrons. The maximum atomic E-state index is 12.5. The molecule has 0 saturated heterocycles. The number of aromatic hydroxyl groups is 1. The van der Waals surface area contributed by atoms with Crippen molar-refractivity contribution in [3.8, 4) is 5.75 Å². The van der Waals surface area contributed by atoms with E-state index in [4.69, 9.17) is 14.7 Å². The first-order valence-electron chi connectivity index (χ1n) is 8.51. The topological polar surface area (TPSA) is 117 Å². The standard InChI is InChI=1S/C20H21BrN2O6/c1-12-3-6-14(7-4-12)22-20(26)29-19(15-11-13(21)5-8-16(15)24)17(28-2)9-10-18(25)23-27/h3-11,17,19,24,27H,1-2H3,(H,22,26)(H,23,25)/b10-9+/t17-,19-/m1/s1. The summed E-state index contributed by atoms with van der Waals surface area (Å²) in [6, 6.07) is 11.8. The Morgan fingerprint density at radius 2 is 1.86 bits per heavy atom. The van der Waals surface area contributed by atoms with E-state index in [9.17, 15) is 14.7 Å². The van der Waals surface area contributed by atoms with E-state index in [2.05, 4.69) is 21.2 Å². The van der Waals surface area contributed by atoms with Crippen LogP contribution in [0.2, 0.25) is 0 Å². The molecule has 2 amide bonds. The summed E-state index contributed by atoms with van der Waals surface area (Å²) in [5.74, 6) is -0.906. The lowest BCUT2D eigenvalue weighted by molar-refractivity contribution is -0.124. The fourth-order valence-corrected chi connectivity index (χ4v) is 2.86. The molecule has 2 rings (SSSR count). The highest BCUT2D eigenvalue weighted by molar-refractivity contribution is 9.10. The zero-order chi connectivity index (χ0) is 21.4. The fraction of sp³-hybridized carbons (Fsp3) is 0.200. The Balaban J connectivity index is 2.31. The van der Waals surface area contributed by atoms with Crippen LogP contribution in [0.1, 0.15) is 17.2 Å². The number of phenols is 1. The first-order chi connectivity index (χ1) is 13.8. The zero-order valence-electron chi connectivity index (χ0n) is 15.8. The van der Waals surface area contributed by atoms with E-state index in [1.807, 2.05) is 19.1 Å². The maximum Gasteiger partial charge on any atom is 0.412 e. The number of hydroxylamine groups is 1. The van der Waals surface area contributed by atoms with Gasteiger partial charge in [-0.3, -0.25) is 15.3 Å². The van der Waals surface area contributed by atoms with Crippen molar-refractivity contribution in [2.24, 2.45) is 0 Å². The summed E-state index contributed by atoms with van der Waals surface area (Å²) < 4.78 is 11.5. The van der Waals surface area contributed by atoms with Crippen LogP contribution in [0.25, 0.3) is 0 Å². The molecule has 0 bridgehead atoms. The molecule has 154 valence electrons. The normalized spacial score (nSPS) is 13.0. The van der Waals surface area contributed by atoms with Gasteiger partial charge >= 0.3 is 6.09 Å². The van der Waals surface area contributed by atoms with Crippen LogP contribution in [-0.2, 0) is 14.3 Å². The van der Waals surface area contributed by atoms with Gasteiger partial charge in [0.05, 0.1) is 0 Å². The van der Waals surface area contributed by atoms with Crippen molar-refractivity contribution < 1.29 is 29.4 Å². The van der Waals surface area contributed by atoms with Gasteiger partial charge < -0.3 is 14.6 Å². The first kappa shape index (κ1) is 22.4. The number of phenolic OH excluding ortho intramolecular Hbond substituents is 1.